The van der Waals surface area contributed by atoms with Gasteiger partial charge in [0.1, 0.15) is 0 Å². The van der Waals surface area contributed by atoms with Crippen LogP contribution in [0.4, 0.5) is 13.2 Å². The van der Waals surface area contributed by atoms with Gasteiger partial charge in [-0.15, -0.1) is 13.2 Å². The van der Waals surface area contributed by atoms with E-state index in [1.807, 2.05) is 0 Å². The molecule has 3 N–H and O–H groups in total. The van der Waals surface area contributed by atoms with Crippen LogP contribution in [0.5, 0.6) is 11.6 Å². The van der Waals surface area contributed by atoms with Gasteiger partial charge in [-0.3, -0.25) is 0 Å². The molecule has 0 atom stereocenters. The molecule has 0 amide bonds. The van der Waals surface area contributed by atoms with Crippen LogP contribution in [0.25, 0.3) is 0 Å². The van der Waals surface area contributed by atoms with Crippen molar-refractivity contribution in [1.82, 2.24) is 4.98 Å². The number of hydrogen-bond acceptors (Lipinski definition) is 4. The quantitative estimate of drug-likeness (QED) is 0.815. The Morgan fingerprint density at radius 1 is 1.53 bits per heavy atom. The Balaban J connectivity index is 3.06. The molecular formula is C7H6BrF3N2O2. The smallest absolute Gasteiger partial charge is 0.505 e. The van der Waals surface area contributed by atoms with Crippen LogP contribution in [0, 0.1) is 0 Å². The molecule has 0 fully saturated rings. The van der Waals surface area contributed by atoms with E-state index >= 15 is 0 Å². The zero-order valence-corrected chi connectivity index (χ0v) is 8.76. The molecule has 0 saturated carbocycles. The Labute approximate surface area is 91.0 Å². The first-order valence-corrected chi connectivity index (χ1v) is 4.47. The summed E-state index contributed by atoms with van der Waals surface area (Å²) < 4.78 is 38.9. The van der Waals surface area contributed by atoms with Gasteiger partial charge in [0.2, 0.25) is 5.88 Å². The second-order valence-corrected chi connectivity index (χ2v) is 3.26. The third-order valence-corrected chi connectivity index (χ3v) is 2.00. The van der Waals surface area contributed by atoms with E-state index in [1.165, 1.54) is 0 Å². The number of aromatic nitrogens is 1. The summed E-state index contributed by atoms with van der Waals surface area (Å²) in [6.07, 6.45) is -4.82. The van der Waals surface area contributed by atoms with Crippen LogP contribution in [0.15, 0.2) is 10.7 Å². The fraction of sp³-hybridized carbons (Fsp3) is 0.286. The van der Waals surface area contributed by atoms with E-state index in [0.717, 1.165) is 6.07 Å². The molecule has 0 aliphatic heterocycles. The highest BCUT2D eigenvalue weighted by atomic mass is 79.9. The lowest BCUT2D eigenvalue weighted by Crippen LogP contribution is -2.18. The zero-order valence-electron chi connectivity index (χ0n) is 7.18. The molecule has 1 heterocycles. The van der Waals surface area contributed by atoms with Gasteiger partial charge < -0.3 is 15.6 Å². The van der Waals surface area contributed by atoms with Gasteiger partial charge in [-0.25, -0.2) is 4.98 Å². The summed E-state index contributed by atoms with van der Waals surface area (Å²) in [6.45, 7) is -0.124. The third-order valence-electron chi connectivity index (χ3n) is 1.45. The molecule has 1 aromatic rings. The molecule has 0 radical (unpaired) electrons. The molecule has 4 nitrogen and oxygen atoms in total. The largest absolute Gasteiger partial charge is 0.574 e. The van der Waals surface area contributed by atoms with E-state index in [-0.39, 0.29) is 22.5 Å². The molecule has 0 saturated heterocycles. The highest BCUT2D eigenvalue weighted by molar-refractivity contribution is 9.10. The Morgan fingerprint density at radius 2 is 2.13 bits per heavy atom. The number of nitrogens with zero attached hydrogens (tertiary/aromatic N) is 1. The fourth-order valence-corrected chi connectivity index (χ4v) is 1.29. The monoisotopic (exact) mass is 286 g/mol. The van der Waals surface area contributed by atoms with Gasteiger partial charge in [0.25, 0.3) is 0 Å². The summed E-state index contributed by atoms with van der Waals surface area (Å²) in [4.78, 5) is 3.34. The molecule has 0 unspecified atom stereocenters. The Kier molecular flexibility index (Phi) is 3.40. The zero-order chi connectivity index (χ0) is 11.6. The molecule has 0 spiro atoms. The Hall–Kier alpha value is -1.02. The number of alkyl halides is 3. The first kappa shape index (κ1) is 12.1. The van der Waals surface area contributed by atoms with E-state index in [4.69, 9.17) is 5.73 Å². The van der Waals surface area contributed by atoms with Crippen molar-refractivity contribution < 1.29 is 23.0 Å². The Bertz CT molecular complexity index is 370. The number of aromatic hydroxyl groups is 1. The maximum absolute atomic E-state index is 11.8. The van der Waals surface area contributed by atoms with E-state index in [9.17, 15) is 18.3 Å². The summed E-state index contributed by atoms with van der Waals surface area (Å²) in [5.41, 5.74) is 5.31. The highest BCUT2D eigenvalue weighted by Crippen LogP contribution is 2.31. The third kappa shape index (κ3) is 3.24. The fourth-order valence-electron chi connectivity index (χ4n) is 0.858. The number of ether oxygens (including phenoxy) is 1. The van der Waals surface area contributed by atoms with E-state index in [0.29, 0.717) is 0 Å². The second kappa shape index (κ2) is 4.23. The molecule has 0 aliphatic carbocycles. The topological polar surface area (TPSA) is 68.4 Å². The highest BCUT2D eigenvalue weighted by Gasteiger charge is 2.32. The SMILES string of the molecule is NCc1cc(OC(F)(F)F)nc(Br)c1O. The maximum atomic E-state index is 11.8. The summed E-state index contributed by atoms with van der Waals surface area (Å²) in [7, 11) is 0. The van der Waals surface area contributed by atoms with Crippen LogP contribution >= 0.6 is 15.9 Å². The normalized spacial score (nSPS) is 11.5. The van der Waals surface area contributed by atoms with Crippen LogP contribution in [0.1, 0.15) is 5.56 Å². The minimum atomic E-state index is -4.82. The van der Waals surface area contributed by atoms with Gasteiger partial charge in [0.05, 0.1) is 0 Å². The van der Waals surface area contributed by atoms with Gasteiger partial charge in [0, 0.05) is 18.2 Å². The standard InChI is InChI=1S/C7H6BrF3N2O2/c8-6-5(14)3(2-12)1-4(13-6)15-7(9,10)11/h1,14H,2,12H2. The van der Waals surface area contributed by atoms with Crippen molar-refractivity contribution in [3.05, 3.63) is 16.2 Å². The predicted octanol–water partition coefficient (Wildman–Crippen LogP) is 1.91. The first-order valence-electron chi connectivity index (χ1n) is 3.67. The van der Waals surface area contributed by atoms with Crippen molar-refractivity contribution in [1.29, 1.82) is 0 Å². The summed E-state index contributed by atoms with van der Waals surface area (Å²) in [6, 6.07) is 0.924. The average Bonchev–Trinajstić information content (AvgIpc) is 2.08. The number of pyridine rings is 1. The molecule has 8 heteroatoms. The van der Waals surface area contributed by atoms with Crippen LogP contribution in [0.2, 0.25) is 0 Å². The molecule has 1 aromatic heterocycles. The first-order chi connectivity index (χ1) is 6.83. The maximum Gasteiger partial charge on any atom is 0.574 e. The van der Waals surface area contributed by atoms with E-state index < -0.39 is 12.2 Å². The van der Waals surface area contributed by atoms with Crippen molar-refractivity contribution in [2.75, 3.05) is 0 Å². The van der Waals surface area contributed by atoms with Crippen LogP contribution in [-0.2, 0) is 6.54 Å². The van der Waals surface area contributed by atoms with Crippen molar-refractivity contribution in [2.24, 2.45) is 5.73 Å². The van der Waals surface area contributed by atoms with Gasteiger partial charge in [0.15, 0.2) is 10.4 Å². The lowest BCUT2D eigenvalue weighted by molar-refractivity contribution is -0.276. The van der Waals surface area contributed by atoms with Gasteiger partial charge in [-0.1, -0.05) is 0 Å². The lowest BCUT2D eigenvalue weighted by atomic mass is 10.2. The van der Waals surface area contributed by atoms with Crippen molar-refractivity contribution in [3.63, 3.8) is 0 Å². The molecule has 84 valence electrons. The summed E-state index contributed by atoms with van der Waals surface area (Å²) in [5.74, 6) is -0.973. The van der Waals surface area contributed by atoms with Crippen molar-refractivity contribution >= 4 is 15.9 Å². The molecular weight excluding hydrogens is 281 g/mol. The molecule has 0 bridgehead atoms. The predicted molar refractivity (Wildman–Crippen MR) is 48.2 cm³/mol. The summed E-state index contributed by atoms with van der Waals surface area (Å²) in [5, 5.41) is 9.29. The molecule has 0 aromatic carbocycles. The van der Waals surface area contributed by atoms with Crippen molar-refractivity contribution in [2.45, 2.75) is 12.9 Å². The molecule has 1 rings (SSSR count). The Morgan fingerprint density at radius 3 is 2.60 bits per heavy atom. The minimum absolute atomic E-state index is 0.108. The van der Waals surface area contributed by atoms with E-state index in [1.54, 1.807) is 0 Å². The number of rotatable bonds is 2. The van der Waals surface area contributed by atoms with Gasteiger partial charge in [-0.2, -0.15) is 0 Å². The average molecular weight is 287 g/mol. The second-order valence-electron chi connectivity index (χ2n) is 2.51. The van der Waals surface area contributed by atoms with Crippen LogP contribution < -0.4 is 10.5 Å². The van der Waals surface area contributed by atoms with Gasteiger partial charge >= 0.3 is 6.36 Å². The number of hydrogen-bond donors (Lipinski definition) is 2. The minimum Gasteiger partial charge on any atom is -0.505 e. The van der Waals surface area contributed by atoms with Crippen LogP contribution in [-0.4, -0.2) is 16.5 Å². The van der Waals surface area contributed by atoms with E-state index in [2.05, 4.69) is 25.7 Å². The number of nitrogens with two attached hydrogens (primary N) is 1. The molecule has 0 aliphatic rings. The number of halogens is 4. The lowest BCUT2D eigenvalue weighted by Gasteiger charge is -2.10. The molecule has 15 heavy (non-hydrogen) atoms. The van der Waals surface area contributed by atoms with Gasteiger partial charge in [-0.05, 0) is 15.9 Å². The summed E-state index contributed by atoms with van der Waals surface area (Å²) >= 11 is 2.78. The van der Waals surface area contributed by atoms with Crippen LogP contribution in [0.3, 0.4) is 0 Å². The van der Waals surface area contributed by atoms with Crippen molar-refractivity contribution in [3.8, 4) is 11.6 Å².